The summed E-state index contributed by atoms with van der Waals surface area (Å²) in [6.45, 7) is 4.18. The first-order valence-corrected chi connectivity index (χ1v) is 6.81. The Morgan fingerprint density at radius 1 is 1.27 bits per heavy atom. The van der Waals surface area contributed by atoms with Gasteiger partial charge in [-0.05, 0) is 26.5 Å². The first kappa shape index (κ1) is 12.4. The van der Waals surface area contributed by atoms with E-state index in [0.29, 0.717) is 5.75 Å². The predicted octanol–water partition coefficient (Wildman–Crippen LogP) is 1.94. The minimum absolute atomic E-state index is 0.189. The van der Waals surface area contributed by atoms with Gasteiger partial charge in [-0.2, -0.15) is 0 Å². The van der Waals surface area contributed by atoms with Crippen LogP contribution in [0, 0.1) is 13.8 Å². The van der Waals surface area contributed by atoms with Gasteiger partial charge in [0.15, 0.2) is 0 Å². The predicted molar refractivity (Wildman–Crippen MR) is 66.7 cm³/mol. The molecule has 0 aliphatic heterocycles. The topological polar surface area (TPSA) is 29.1 Å². The Labute approximate surface area is 94.5 Å². The summed E-state index contributed by atoms with van der Waals surface area (Å²) < 4.78 is 11.2. The molecule has 0 aliphatic carbocycles. The van der Waals surface area contributed by atoms with Crippen molar-refractivity contribution < 1.29 is 4.21 Å². The maximum Gasteiger partial charge on any atom is 0.0434 e. The smallest absolute Gasteiger partial charge is 0.0434 e. The summed E-state index contributed by atoms with van der Waals surface area (Å²) in [4.78, 5) is 0. The van der Waals surface area contributed by atoms with Gasteiger partial charge in [0.05, 0.1) is 0 Å². The fourth-order valence-electron chi connectivity index (χ4n) is 1.79. The van der Waals surface area contributed by atoms with Crippen molar-refractivity contribution in [3.05, 3.63) is 34.9 Å². The number of hydrogen-bond donors (Lipinski definition) is 1. The third-order valence-corrected chi connectivity index (χ3v) is 3.20. The molecule has 2 nitrogen and oxygen atoms in total. The minimum Gasteiger partial charge on any atom is -0.312 e. The van der Waals surface area contributed by atoms with Crippen LogP contribution in [0.2, 0.25) is 0 Å². The second-order valence-electron chi connectivity index (χ2n) is 4.00. The van der Waals surface area contributed by atoms with Gasteiger partial charge in [-0.15, -0.1) is 0 Å². The maximum absolute atomic E-state index is 11.2. The van der Waals surface area contributed by atoms with Crippen LogP contribution in [-0.2, 0) is 10.8 Å². The van der Waals surface area contributed by atoms with E-state index < -0.39 is 10.8 Å². The quantitative estimate of drug-likeness (QED) is 0.848. The Kier molecular flexibility index (Phi) is 4.48. The van der Waals surface area contributed by atoms with Gasteiger partial charge in [-0.1, -0.05) is 29.3 Å². The van der Waals surface area contributed by atoms with Crippen LogP contribution < -0.4 is 5.32 Å². The van der Waals surface area contributed by atoms with Gasteiger partial charge in [-0.3, -0.25) is 4.21 Å². The largest absolute Gasteiger partial charge is 0.312 e. The number of rotatable bonds is 4. The number of aryl methyl sites for hydroxylation is 2. The molecule has 1 rings (SSSR count). The molecule has 0 amide bonds. The van der Waals surface area contributed by atoms with Crippen LogP contribution in [0.4, 0.5) is 0 Å². The molecule has 1 aromatic carbocycles. The lowest BCUT2D eigenvalue weighted by atomic mass is 10.0. The molecule has 2 atom stereocenters. The molecule has 2 unspecified atom stereocenters. The zero-order chi connectivity index (χ0) is 11.4. The molecule has 84 valence electrons. The molecule has 0 spiro atoms. The standard InChI is InChI=1S/C12H19NOS/c1-9-5-10(2)7-11(6-9)12(13-3)8-15(4)14/h5-7,12-13H,8H2,1-4H3. The highest BCUT2D eigenvalue weighted by atomic mass is 32.2. The molecule has 0 fully saturated rings. The van der Waals surface area contributed by atoms with Crippen LogP contribution in [0.25, 0.3) is 0 Å². The average molecular weight is 225 g/mol. The van der Waals surface area contributed by atoms with Gasteiger partial charge < -0.3 is 5.32 Å². The monoisotopic (exact) mass is 225 g/mol. The van der Waals surface area contributed by atoms with Gasteiger partial charge in [0.1, 0.15) is 0 Å². The van der Waals surface area contributed by atoms with Gasteiger partial charge in [0, 0.05) is 28.9 Å². The molecule has 1 aromatic rings. The third kappa shape index (κ3) is 3.76. The highest BCUT2D eigenvalue weighted by Gasteiger charge is 2.11. The highest BCUT2D eigenvalue weighted by Crippen LogP contribution is 2.17. The van der Waals surface area contributed by atoms with Crippen molar-refractivity contribution in [2.45, 2.75) is 19.9 Å². The van der Waals surface area contributed by atoms with Crippen molar-refractivity contribution in [3.8, 4) is 0 Å². The second-order valence-corrected chi connectivity index (χ2v) is 5.48. The Balaban J connectivity index is 2.95. The fourth-order valence-corrected chi connectivity index (χ4v) is 2.62. The summed E-state index contributed by atoms with van der Waals surface area (Å²) in [5.41, 5.74) is 3.74. The second kappa shape index (κ2) is 5.42. The lowest BCUT2D eigenvalue weighted by Gasteiger charge is -2.16. The van der Waals surface area contributed by atoms with Gasteiger partial charge in [0.25, 0.3) is 0 Å². The van der Waals surface area contributed by atoms with Crippen molar-refractivity contribution in [1.29, 1.82) is 0 Å². The first-order valence-electron chi connectivity index (χ1n) is 5.08. The van der Waals surface area contributed by atoms with E-state index in [1.807, 2.05) is 7.05 Å². The van der Waals surface area contributed by atoms with E-state index in [4.69, 9.17) is 0 Å². The van der Waals surface area contributed by atoms with E-state index in [2.05, 4.69) is 37.4 Å². The van der Waals surface area contributed by atoms with Crippen LogP contribution in [0.15, 0.2) is 18.2 Å². The Morgan fingerprint density at radius 3 is 2.20 bits per heavy atom. The number of hydrogen-bond acceptors (Lipinski definition) is 2. The van der Waals surface area contributed by atoms with Crippen LogP contribution in [0.5, 0.6) is 0 Å². The molecule has 0 saturated carbocycles. The van der Waals surface area contributed by atoms with E-state index >= 15 is 0 Å². The fraction of sp³-hybridized carbons (Fsp3) is 0.500. The maximum atomic E-state index is 11.2. The van der Waals surface area contributed by atoms with E-state index in [-0.39, 0.29) is 6.04 Å². The van der Waals surface area contributed by atoms with Crippen LogP contribution in [-0.4, -0.2) is 23.3 Å². The first-order chi connectivity index (χ1) is 7.02. The summed E-state index contributed by atoms with van der Waals surface area (Å²) in [7, 11) is 1.14. The molecular formula is C12H19NOS. The van der Waals surface area contributed by atoms with Crippen LogP contribution in [0.3, 0.4) is 0 Å². The van der Waals surface area contributed by atoms with Gasteiger partial charge in [-0.25, -0.2) is 0 Å². The van der Waals surface area contributed by atoms with Crippen LogP contribution in [0.1, 0.15) is 22.7 Å². The summed E-state index contributed by atoms with van der Waals surface area (Å²) in [6, 6.07) is 6.65. The molecule has 0 aromatic heterocycles. The van der Waals surface area contributed by atoms with Gasteiger partial charge >= 0.3 is 0 Å². The molecule has 0 radical (unpaired) electrons. The van der Waals surface area contributed by atoms with Crippen LogP contribution >= 0.6 is 0 Å². The average Bonchev–Trinajstić information content (AvgIpc) is 2.12. The lowest BCUT2D eigenvalue weighted by molar-refractivity contribution is 0.637. The van der Waals surface area contributed by atoms with Crippen molar-refractivity contribution in [3.63, 3.8) is 0 Å². The molecule has 0 saturated heterocycles. The summed E-state index contributed by atoms with van der Waals surface area (Å²) in [5, 5.41) is 3.21. The van der Waals surface area contributed by atoms with Crippen molar-refractivity contribution in [2.75, 3.05) is 19.1 Å². The van der Waals surface area contributed by atoms with E-state index in [0.717, 1.165) is 0 Å². The molecule has 0 bridgehead atoms. The zero-order valence-corrected chi connectivity index (χ0v) is 10.6. The van der Waals surface area contributed by atoms with E-state index in [1.54, 1.807) is 6.26 Å². The third-order valence-electron chi connectivity index (χ3n) is 2.40. The van der Waals surface area contributed by atoms with Crippen molar-refractivity contribution in [1.82, 2.24) is 5.32 Å². The number of benzene rings is 1. The normalized spacial score (nSPS) is 14.9. The molecule has 3 heteroatoms. The number of nitrogens with one attached hydrogen (secondary N) is 1. The molecule has 0 heterocycles. The minimum atomic E-state index is -0.772. The molecule has 0 aliphatic rings. The molecular weight excluding hydrogens is 206 g/mol. The summed E-state index contributed by atoms with van der Waals surface area (Å²) in [6.07, 6.45) is 1.74. The van der Waals surface area contributed by atoms with E-state index in [1.165, 1.54) is 16.7 Å². The summed E-state index contributed by atoms with van der Waals surface area (Å²) in [5.74, 6) is 0.666. The lowest BCUT2D eigenvalue weighted by Crippen LogP contribution is -2.22. The molecule has 1 N–H and O–H groups in total. The zero-order valence-electron chi connectivity index (χ0n) is 9.83. The summed E-state index contributed by atoms with van der Waals surface area (Å²) >= 11 is 0. The Hall–Kier alpha value is -0.670. The highest BCUT2D eigenvalue weighted by molar-refractivity contribution is 7.84. The SMILES string of the molecule is CNC(CS(C)=O)c1cc(C)cc(C)c1. The van der Waals surface area contributed by atoms with Gasteiger partial charge in [0.2, 0.25) is 0 Å². The van der Waals surface area contributed by atoms with Crippen molar-refractivity contribution >= 4 is 10.8 Å². The Bertz CT molecular complexity index is 342. The molecule has 15 heavy (non-hydrogen) atoms. The van der Waals surface area contributed by atoms with Crippen molar-refractivity contribution in [2.24, 2.45) is 0 Å². The Morgan fingerprint density at radius 2 is 1.80 bits per heavy atom. The van der Waals surface area contributed by atoms with E-state index in [9.17, 15) is 4.21 Å².